The first-order valence-corrected chi connectivity index (χ1v) is 6.61. The maximum atomic E-state index is 5.70. The van der Waals surface area contributed by atoms with E-state index < -0.39 is 0 Å². The van der Waals surface area contributed by atoms with Crippen molar-refractivity contribution >= 4 is 15.9 Å². The van der Waals surface area contributed by atoms with Crippen molar-refractivity contribution in [2.24, 2.45) is 0 Å². The van der Waals surface area contributed by atoms with E-state index in [1.54, 1.807) is 14.2 Å². The molecule has 0 atom stereocenters. The largest absolute Gasteiger partial charge is 0.497 e. The monoisotopic (exact) mass is 322 g/mol. The second kappa shape index (κ2) is 6.48. The third-order valence-corrected chi connectivity index (χ3v) is 3.30. The molecule has 4 heteroatoms. The summed E-state index contributed by atoms with van der Waals surface area (Å²) >= 11 is 3.46. The van der Waals surface area contributed by atoms with Crippen LogP contribution in [0.15, 0.2) is 46.9 Å². The standard InChI is InChI=1S/C15H15BrO3/c1-17-12-4-6-13(7-5-12)19-10-11-3-8-15(18-2)14(16)9-11/h3-9H,10H2,1-2H3. The average Bonchev–Trinajstić information content (AvgIpc) is 2.46. The highest BCUT2D eigenvalue weighted by atomic mass is 79.9. The fourth-order valence-electron chi connectivity index (χ4n) is 1.64. The number of benzene rings is 2. The molecule has 0 heterocycles. The molecule has 0 spiro atoms. The normalized spacial score (nSPS) is 10.1. The summed E-state index contributed by atoms with van der Waals surface area (Å²) in [5, 5.41) is 0. The predicted molar refractivity (Wildman–Crippen MR) is 78.0 cm³/mol. The maximum absolute atomic E-state index is 5.70. The van der Waals surface area contributed by atoms with Gasteiger partial charge in [-0.05, 0) is 57.9 Å². The molecule has 0 saturated heterocycles. The van der Waals surface area contributed by atoms with Gasteiger partial charge >= 0.3 is 0 Å². The van der Waals surface area contributed by atoms with Gasteiger partial charge in [0, 0.05) is 0 Å². The van der Waals surface area contributed by atoms with Crippen molar-refractivity contribution in [2.45, 2.75) is 6.61 Å². The highest BCUT2D eigenvalue weighted by Crippen LogP contribution is 2.26. The number of rotatable bonds is 5. The Hall–Kier alpha value is -1.68. The number of hydrogen-bond acceptors (Lipinski definition) is 3. The smallest absolute Gasteiger partial charge is 0.133 e. The summed E-state index contributed by atoms with van der Waals surface area (Å²) in [5.74, 6) is 2.44. The fourth-order valence-corrected chi connectivity index (χ4v) is 2.23. The van der Waals surface area contributed by atoms with Gasteiger partial charge in [0.15, 0.2) is 0 Å². The Labute approximate surface area is 121 Å². The molecular weight excluding hydrogens is 308 g/mol. The van der Waals surface area contributed by atoms with Crippen molar-refractivity contribution in [1.82, 2.24) is 0 Å². The molecule has 0 aromatic heterocycles. The van der Waals surface area contributed by atoms with Crippen LogP contribution < -0.4 is 14.2 Å². The molecular formula is C15H15BrO3. The Morgan fingerprint density at radius 1 is 0.895 bits per heavy atom. The molecule has 0 aliphatic heterocycles. The van der Waals surface area contributed by atoms with Crippen LogP contribution in [0.5, 0.6) is 17.2 Å². The van der Waals surface area contributed by atoms with Gasteiger partial charge in [0.1, 0.15) is 23.9 Å². The SMILES string of the molecule is COc1ccc(OCc2ccc(OC)c(Br)c2)cc1. The van der Waals surface area contributed by atoms with Crippen LogP contribution in [0, 0.1) is 0 Å². The maximum Gasteiger partial charge on any atom is 0.133 e. The van der Waals surface area contributed by atoms with Gasteiger partial charge in [-0.2, -0.15) is 0 Å². The molecule has 0 amide bonds. The lowest BCUT2D eigenvalue weighted by Gasteiger charge is -2.09. The Kier molecular flexibility index (Phi) is 4.68. The van der Waals surface area contributed by atoms with Crippen molar-refractivity contribution < 1.29 is 14.2 Å². The van der Waals surface area contributed by atoms with E-state index >= 15 is 0 Å². The summed E-state index contributed by atoms with van der Waals surface area (Å²) in [6.07, 6.45) is 0. The number of ether oxygens (including phenoxy) is 3. The minimum atomic E-state index is 0.509. The summed E-state index contributed by atoms with van der Waals surface area (Å²) in [4.78, 5) is 0. The Morgan fingerprint density at radius 2 is 1.58 bits per heavy atom. The van der Waals surface area contributed by atoms with Gasteiger partial charge in [-0.3, -0.25) is 0 Å². The molecule has 2 rings (SSSR count). The van der Waals surface area contributed by atoms with Gasteiger partial charge in [-0.1, -0.05) is 6.07 Å². The first kappa shape index (κ1) is 13.7. The molecule has 19 heavy (non-hydrogen) atoms. The van der Waals surface area contributed by atoms with Crippen LogP contribution in [0.25, 0.3) is 0 Å². The van der Waals surface area contributed by atoms with E-state index in [2.05, 4.69) is 15.9 Å². The molecule has 100 valence electrons. The van der Waals surface area contributed by atoms with E-state index in [9.17, 15) is 0 Å². The van der Waals surface area contributed by atoms with Crippen LogP contribution in [-0.4, -0.2) is 14.2 Å². The van der Waals surface area contributed by atoms with Gasteiger partial charge < -0.3 is 14.2 Å². The number of methoxy groups -OCH3 is 2. The lowest BCUT2D eigenvalue weighted by atomic mass is 10.2. The van der Waals surface area contributed by atoms with E-state index in [-0.39, 0.29) is 0 Å². The van der Waals surface area contributed by atoms with Crippen molar-refractivity contribution in [3.8, 4) is 17.2 Å². The molecule has 2 aromatic carbocycles. The fraction of sp³-hybridized carbons (Fsp3) is 0.200. The van der Waals surface area contributed by atoms with Crippen LogP contribution in [0.4, 0.5) is 0 Å². The quantitative estimate of drug-likeness (QED) is 0.831. The first-order chi connectivity index (χ1) is 9.22. The zero-order chi connectivity index (χ0) is 13.7. The Balaban J connectivity index is 1.99. The first-order valence-electron chi connectivity index (χ1n) is 5.82. The van der Waals surface area contributed by atoms with Crippen LogP contribution in [-0.2, 0) is 6.61 Å². The summed E-state index contributed by atoms with van der Waals surface area (Å²) in [6, 6.07) is 13.4. The lowest BCUT2D eigenvalue weighted by Crippen LogP contribution is -1.96. The van der Waals surface area contributed by atoms with Gasteiger partial charge in [-0.25, -0.2) is 0 Å². The highest BCUT2D eigenvalue weighted by molar-refractivity contribution is 9.10. The van der Waals surface area contributed by atoms with E-state index in [4.69, 9.17) is 14.2 Å². The highest BCUT2D eigenvalue weighted by Gasteiger charge is 2.02. The van der Waals surface area contributed by atoms with Gasteiger partial charge in [-0.15, -0.1) is 0 Å². The molecule has 0 fully saturated rings. The van der Waals surface area contributed by atoms with Gasteiger partial charge in [0.25, 0.3) is 0 Å². The minimum absolute atomic E-state index is 0.509. The molecule has 0 saturated carbocycles. The lowest BCUT2D eigenvalue weighted by molar-refractivity contribution is 0.305. The van der Waals surface area contributed by atoms with Crippen molar-refractivity contribution in [3.05, 3.63) is 52.5 Å². The second-order valence-electron chi connectivity index (χ2n) is 3.93. The zero-order valence-electron chi connectivity index (χ0n) is 10.9. The van der Waals surface area contributed by atoms with E-state index in [0.717, 1.165) is 27.3 Å². The van der Waals surface area contributed by atoms with Crippen molar-refractivity contribution in [3.63, 3.8) is 0 Å². The number of hydrogen-bond donors (Lipinski definition) is 0. The molecule has 2 aromatic rings. The minimum Gasteiger partial charge on any atom is -0.497 e. The van der Waals surface area contributed by atoms with Crippen LogP contribution in [0.3, 0.4) is 0 Å². The molecule has 0 aliphatic rings. The van der Waals surface area contributed by atoms with Gasteiger partial charge in [0.05, 0.1) is 18.7 Å². The second-order valence-corrected chi connectivity index (χ2v) is 4.79. The molecule has 0 bridgehead atoms. The van der Waals surface area contributed by atoms with Crippen molar-refractivity contribution in [1.29, 1.82) is 0 Å². The summed E-state index contributed by atoms with van der Waals surface area (Å²) in [6.45, 7) is 0.509. The Morgan fingerprint density at radius 3 is 2.16 bits per heavy atom. The molecule has 0 N–H and O–H groups in total. The number of halogens is 1. The van der Waals surface area contributed by atoms with Crippen LogP contribution in [0.2, 0.25) is 0 Å². The topological polar surface area (TPSA) is 27.7 Å². The molecule has 3 nitrogen and oxygen atoms in total. The third kappa shape index (κ3) is 3.64. The predicted octanol–water partition coefficient (Wildman–Crippen LogP) is 4.05. The summed E-state index contributed by atoms with van der Waals surface area (Å²) < 4.78 is 16.9. The summed E-state index contributed by atoms with van der Waals surface area (Å²) in [5.41, 5.74) is 1.07. The van der Waals surface area contributed by atoms with Gasteiger partial charge in [0.2, 0.25) is 0 Å². The average molecular weight is 323 g/mol. The molecule has 0 aliphatic carbocycles. The van der Waals surface area contributed by atoms with Crippen LogP contribution in [0.1, 0.15) is 5.56 Å². The Bertz CT molecular complexity index is 538. The third-order valence-electron chi connectivity index (χ3n) is 2.68. The van der Waals surface area contributed by atoms with E-state index in [1.807, 2.05) is 42.5 Å². The van der Waals surface area contributed by atoms with Crippen molar-refractivity contribution in [2.75, 3.05) is 14.2 Å². The van der Waals surface area contributed by atoms with Crippen LogP contribution >= 0.6 is 15.9 Å². The van der Waals surface area contributed by atoms with E-state index in [0.29, 0.717) is 6.61 Å². The molecule has 0 unspecified atom stereocenters. The summed E-state index contributed by atoms with van der Waals surface area (Å²) in [7, 11) is 3.29. The van der Waals surface area contributed by atoms with E-state index in [1.165, 1.54) is 0 Å². The molecule has 0 radical (unpaired) electrons. The zero-order valence-corrected chi connectivity index (χ0v) is 12.4.